The zero-order valence-corrected chi connectivity index (χ0v) is 8.21. The zero-order valence-electron chi connectivity index (χ0n) is 8.21. The summed E-state index contributed by atoms with van der Waals surface area (Å²) < 4.78 is 67.3. The Labute approximate surface area is 92.6 Å². The third-order valence-electron chi connectivity index (χ3n) is 2.56. The Morgan fingerprint density at radius 1 is 1.12 bits per heavy atom. The van der Waals surface area contributed by atoms with Crippen LogP contribution in [0.1, 0.15) is 11.7 Å². The number of hydrogen-bond donors (Lipinski definition) is 1. The van der Waals surface area contributed by atoms with Crippen molar-refractivity contribution in [3.63, 3.8) is 0 Å². The molecule has 17 heavy (non-hydrogen) atoms. The van der Waals surface area contributed by atoms with Crippen molar-refractivity contribution in [1.29, 1.82) is 0 Å². The van der Waals surface area contributed by atoms with Crippen molar-refractivity contribution >= 4 is 0 Å². The fourth-order valence-electron chi connectivity index (χ4n) is 1.60. The first-order valence-electron chi connectivity index (χ1n) is 4.60. The molecule has 1 fully saturated rings. The average molecular weight is 254 g/mol. The largest absolute Gasteiger partial charge is 0.449 e. The molecular weight excluding hydrogens is 247 g/mol. The van der Waals surface area contributed by atoms with E-state index in [4.69, 9.17) is 5.11 Å². The molecule has 2 atom stereocenters. The number of ether oxygens (including phenoxy) is 1. The first-order chi connectivity index (χ1) is 7.70. The predicted octanol–water partition coefficient (Wildman–Crippen LogP) is 2.64. The molecule has 2 rings (SSSR count). The Kier molecular flexibility index (Phi) is 2.45. The third-order valence-corrected chi connectivity index (χ3v) is 2.56. The SMILES string of the molecule is OC1(C(F)(F)F)OC(c2ccccc2)C1(F)F. The van der Waals surface area contributed by atoms with Crippen molar-refractivity contribution in [1.82, 2.24) is 0 Å². The maximum atomic E-state index is 13.3. The highest BCUT2D eigenvalue weighted by Crippen LogP contribution is 2.60. The third kappa shape index (κ3) is 1.53. The molecule has 1 aromatic carbocycles. The highest BCUT2D eigenvalue weighted by molar-refractivity contribution is 5.25. The van der Waals surface area contributed by atoms with Crippen molar-refractivity contribution in [2.45, 2.75) is 24.0 Å². The molecular formula is C10H7F5O2. The second-order valence-electron chi connectivity index (χ2n) is 3.67. The quantitative estimate of drug-likeness (QED) is 0.781. The number of benzene rings is 1. The van der Waals surface area contributed by atoms with Gasteiger partial charge in [0.1, 0.15) is 0 Å². The summed E-state index contributed by atoms with van der Waals surface area (Å²) in [6.07, 6.45) is -7.63. The smallest absolute Gasteiger partial charge is 0.354 e. The van der Waals surface area contributed by atoms with Gasteiger partial charge >= 0.3 is 17.9 Å². The lowest BCUT2D eigenvalue weighted by Crippen LogP contribution is -2.72. The van der Waals surface area contributed by atoms with Crippen molar-refractivity contribution < 1.29 is 31.8 Å². The van der Waals surface area contributed by atoms with Crippen LogP contribution in [0.25, 0.3) is 0 Å². The molecule has 1 aliphatic rings. The van der Waals surface area contributed by atoms with E-state index in [0.29, 0.717) is 0 Å². The lowest BCUT2D eigenvalue weighted by Gasteiger charge is -2.50. The van der Waals surface area contributed by atoms with E-state index >= 15 is 0 Å². The number of halogens is 5. The normalized spacial score (nSPS) is 32.0. The van der Waals surface area contributed by atoms with Gasteiger partial charge < -0.3 is 9.84 Å². The van der Waals surface area contributed by atoms with E-state index in [0.717, 1.165) is 0 Å². The molecule has 0 amide bonds. The Hall–Kier alpha value is -1.21. The minimum Gasteiger partial charge on any atom is -0.354 e. The second-order valence-corrected chi connectivity index (χ2v) is 3.67. The van der Waals surface area contributed by atoms with Crippen LogP contribution in [0.4, 0.5) is 22.0 Å². The topological polar surface area (TPSA) is 29.5 Å². The van der Waals surface area contributed by atoms with Gasteiger partial charge in [0.2, 0.25) is 0 Å². The first kappa shape index (κ1) is 12.3. The van der Waals surface area contributed by atoms with Crippen LogP contribution in [0.3, 0.4) is 0 Å². The van der Waals surface area contributed by atoms with Gasteiger partial charge in [-0.05, 0) is 5.56 Å². The van der Waals surface area contributed by atoms with Crippen LogP contribution in [0, 0.1) is 0 Å². The van der Waals surface area contributed by atoms with Crippen LogP contribution in [0.15, 0.2) is 30.3 Å². The minimum absolute atomic E-state index is 0.119. The molecule has 1 saturated heterocycles. The fraction of sp³-hybridized carbons (Fsp3) is 0.400. The van der Waals surface area contributed by atoms with Crippen LogP contribution >= 0.6 is 0 Å². The summed E-state index contributed by atoms with van der Waals surface area (Å²) in [5.74, 6) is -8.81. The van der Waals surface area contributed by atoms with E-state index in [9.17, 15) is 22.0 Å². The van der Waals surface area contributed by atoms with Gasteiger partial charge in [-0.25, -0.2) is 0 Å². The molecule has 1 aromatic rings. The van der Waals surface area contributed by atoms with Crippen LogP contribution in [-0.2, 0) is 4.74 Å². The van der Waals surface area contributed by atoms with Gasteiger partial charge in [-0.1, -0.05) is 30.3 Å². The summed E-state index contributed by atoms with van der Waals surface area (Å²) in [6.45, 7) is 0. The Morgan fingerprint density at radius 3 is 2.06 bits per heavy atom. The highest BCUT2D eigenvalue weighted by atomic mass is 19.4. The van der Waals surface area contributed by atoms with Crippen LogP contribution in [-0.4, -0.2) is 23.0 Å². The van der Waals surface area contributed by atoms with Crippen molar-refractivity contribution in [3.05, 3.63) is 35.9 Å². The Morgan fingerprint density at radius 2 is 1.65 bits per heavy atom. The Bertz CT molecular complexity index is 416. The minimum atomic E-state index is -5.54. The standard InChI is InChI=1S/C10H7F5O2/c11-8(12)7(6-4-2-1-3-5-6)17-9(8,16)10(13,14)15/h1-5,7,16H. The summed E-state index contributed by atoms with van der Waals surface area (Å²) in [5.41, 5.74) is -0.119. The van der Waals surface area contributed by atoms with Crippen LogP contribution in [0.2, 0.25) is 0 Å². The molecule has 7 heteroatoms. The van der Waals surface area contributed by atoms with Gasteiger partial charge in [0.15, 0.2) is 6.10 Å². The van der Waals surface area contributed by atoms with Crippen molar-refractivity contribution in [2.75, 3.05) is 0 Å². The van der Waals surface area contributed by atoms with Gasteiger partial charge in [0.05, 0.1) is 0 Å². The number of rotatable bonds is 1. The number of aliphatic hydroxyl groups is 1. The lowest BCUT2D eigenvalue weighted by molar-refractivity contribution is -0.528. The molecule has 2 unspecified atom stereocenters. The lowest BCUT2D eigenvalue weighted by atomic mass is 9.89. The molecule has 2 nitrogen and oxygen atoms in total. The summed E-state index contributed by atoms with van der Waals surface area (Å²) >= 11 is 0. The molecule has 1 heterocycles. The number of hydrogen-bond acceptors (Lipinski definition) is 2. The summed E-state index contributed by atoms with van der Waals surface area (Å²) in [5, 5.41) is 8.81. The molecule has 0 bridgehead atoms. The van der Waals surface area contributed by atoms with Gasteiger partial charge in [-0.3, -0.25) is 0 Å². The van der Waals surface area contributed by atoms with Gasteiger partial charge in [-0.2, -0.15) is 22.0 Å². The van der Waals surface area contributed by atoms with E-state index in [1.807, 2.05) is 0 Å². The second kappa shape index (κ2) is 3.39. The predicted molar refractivity (Wildman–Crippen MR) is 46.2 cm³/mol. The maximum absolute atomic E-state index is 13.3. The summed E-state index contributed by atoms with van der Waals surface area (Å²) in [4.78, 5) is 0. The molecule has 1 N–H and O–H groups in total. The molecule has 0 aliphatic carbocycles. The maximum Gasteiger partial charge on any atom is 0.449 e. The van der Waals surface area contributed by atoms with Gasteiger partial charge in [0.25, 0.3) is 0 Å². The number of alkyl halides is 5. The molecule has 0 spiro atoms. The van der Waals surface area contributed by atoms with E-state index in [1.165, 1.54) is 30.3 Å². The molecule has 0 aromatic heterocycles. The Balaban J connectivity index is 2.30. The van der Waals surface area contributed by atoms with Gasteiger partial charge in [0, 0.05) is 0 Å². The van der Waals surface area contributed by atoms with E-state index in [2.05, 4.69) is 4.74 Å². The van der Waals surface area contributed by atoms with Crippen LogP contribution in [0.5, 0.6) is 0 Å². The first-order valence-corrected chi connectivity index (χ1v) is 4.60. The highest BCUT2D eigenvalue weighted by Gasteiger charge is 2.82. The fourth-order valence-corrected chi connectivity index (χ4v) is 1.60. The molecule has 94 valence electrons. The van der Waals surface area contributed by atoms with E-state index in [-0.39, 0.29) is 5.56 Å². The van der Waals surface area contributed by atoms with Crippen molar-refractivity contribution in [2.24, 2.45) is 0 Å². The summed E-state index contributed by atoms with van der Waals surface area (Å²) in [7, 11) is 0. The zero-order chi connectivity index (χ0) is 12.9. The average Bonchev–Trinajstić information content (AvgIpc) is 2.25. The van der Waals surface area contributed by atoms with Gasteiger partial charge in [-0.15, -0.1) is 0 Å². The monoisotopic (exact) mass is 254 g/mol. The summed E-state index contributed by atoms with van der Waals surface area (Å²) in [6, 6.07) is 6.71. The van der Waals surface area contributed by atoms with E-state index in [1.54, 1.807) is 0 Å². The molecule has 0 radical (unpaired) electrons. The molecule has 1 aliphatic heterocycles. The van der Waals surface area contributed by atoms with Crippen LogP contribution < -0.4 is 0 Å². The van der Waals surface area contributed by atoms with E-state index < -0.39 is 24.0 Å². The van der Waals surface area contributed by atoms with Crippen molar-refractivity contribution in [3.8, 4) is 0 Å². The molecule has 0 saturated carbocycles.